The summed E-state index contributed by atoms with van der Waals surface area (Å²) >= 11 is 0. The van der Waals surface area contributed by atoms with Crippen LogP contribution in [0.3, 0.4) is 0 Å². The molecule has 0 N–H and O–H groups in total. The maximum atomic E-state index is 14.6. The molecule has 0 fully saturated rings. The molecule has 35 heavy (non-hydrogen) atoms. The Morgan fingerprint density at radius 1 is 0.800 bits per heavy atom. The number of pyridine rings is 1. The lowest BCUT2D eigenvalue weighted by atomic mass is 10.0. The number of fused-ring (bicyclic) bond motifs is 1. The summed E-state index contributed by atoms with van der Waals surface area (Å²) in [7, 11) is 0. The minimum absolute atomic E-state index is 0.00718. The van der Waals surface area contributed by atoms with Crippen LogP contribution in [-0.2, 0) is 12.5 Å². The van der Waals surface area contributed by atoms with Crippen LogP contribution in [0.15, 0.2) is 48.7 Å². The van der Waals surface area contributed by atoms with Crippen LogP contribution >= 0.6 is 0 Å². The number of hydrogen-bond donors (Lipinski definition) is 0. The van der Waals surface area contributed by atoms with Crippen LogP contribution in [0.1, 0.15) is 24.5 Å². The third kappa shape index (κ3) is 4.52. The molecule has 0 saturated carbocycles. The number of alkyl halides is 2. The zero-order valence-electron chi connectivity index (χ0n) is 17.9. The number of nitrogens with zero attached hydrogens (tertiary/aromatic N) is 1. The molecule has 3 aromatic carbocycles. The summed E-state index contributed by atoms with van der Waals surface area (Å²) in [6, 6.07) is 6.52. The number of ether oxygens (including phenoxy) is 1. The van der Waals surface area contributed by atoms with Gasteiger partial charge in [0, 0.05) is 5.56 Å². The van der Waals surface area contributed by atoms with Crippen molar-refractivity contribution in [3.05, 3.63) is 94.7 Å². The van der Waals surface area contributed by atoms with E-state index < -0.39 is 57.7 Å². The number of benzene rings is 3. The number of aryl methyl sites for hydroxylation is 1. The Balaban J connectivity index is 1.63. The van der Waals surface area contributed by atoms with E-state index in [4.69, 9.17) is 0 Å². The molecule has 0 radical (unpaired) electrons. The highest BCUT2D eigenvalue weighted by Gasteiger charge is 2.39. The van der Waals surface area contributed by atoms with Crippen LogP contribution < -0.4 is 4.74 Å². The molecule has 0 unspecified atom stereocenters. The van der Waals surface area contributed by atoms with Gasteiger partial charge in [-0.05, 0) is 53.8 Å². The summed E-state index contributed by atoms with van der Waals surface area (Å²) in [6.45, 7) is 1.72. The second-order valence-electron chi connectivity index (χ2n) is 7.69. The zero-order valence-corrected chi connectivity index (χ0v) is 17.9. The van der Waals surface area contributed by atoms with Crippen molar-refractivity contribution >= 4 is 10.8 Å². The predicted octanol–water partition coefficient (Wildman–Crippen LogP) is 7.82. The maximum Gasteiger partial charge on any atom is 0.429 e. The molecule has 0 aliphatic carbocycles. The third-order valence-electron chi connectivity index (χ3n) is 5.30. The smallest absolute Gasteiger partial charge is 0.427 e. The molecule has 0 amide bonds. The van der Waals surface area contributed by atoms with E-state index in [0.29, 0.717) is 12.5 Å². The highest BCUT2D eigenvalue weighted by Crippen LogP contribution is 2.36. The van der Waals surface area contributed by atoms with Crippen molar-refractivity contribution in [1.82, 2.24) is 4.98 Å². The minimum atomic E-state index is -4.24. The summed E-state index contributed by atoms with van der Waals surface area (Å²) in [4.78, 5) is 3.86. The summed E-state index contributed by atoms with van der Waals surface area (Å²) in [6.07, 6.45) is -2.75. The molecule has 1 aromatic heterocycles. The Hall–Kier alpha value is -3.69. The summed E-state index contributed by atoms with van der Waals surface area (Å²) in [5.74, 6) is -9.84. The second-order valence-corrected chi connectivity index (χ2v) is 7.69. The SMILES string of the molecule is CCCc1ccc(C(F)(F)Oc2ccc(-c3cc(F)c4c(F)c(F)c(F)cc4c3)nc2)c(F)c1F. The van der Waals surface area contributed by atoms with E-state index >= 15 is 0 Å². The first-order valence-electron chi connectivity index (χ1n) is 10.3. The molecular formula is C25H15F8NO. The van der Waals surface area contributed by atoms with Gasteiger partial charge in [0.05, 0.1) is 17.3 Å². The molecule has 182 valence electrons. The minimum Gasteiger partial charge on any atom is -0.427 e. The van der Waals surface area contributed by atoms with Gasteiger partial charge in [0.1, 0.15) is 17.1 Å². The number of aromatic nitrogens is 1. The van der Waals surface area contributed by atoms with Crippen molar-refractivity contribution in [1.29, 1.82) is 0 Å². The fourth-order valence-electron chi connectivity index (χ4n) is 3.63. The fourth-order valence-corrected chi connectivity index (χ4v) is 3.63. The van der Waals surface area contributed by atoms with Crippen molar-refractivity contribution in [3.63, 3.8) is 0 Å². The Bertz CT molecular complexity index is 1420. The van der Waals surface area contributed by atoms with E-state index in [1.165, 1.54) is 0 Å². The Labute approximate surface area is 193 Å². The number of halogens is 8. The van der Waals surface area contributed by atoms with E-state index in [1.807, 2.05) is 0 Å². The molecule has 0 aliphatic rings. The van der Waals surface area contributed by atoms with E-state index in [0.717, 1.165) is 42.6 Å². The summed E-state index contributed by atoms with van der Waals surface area (Å²) < 4.78 is 117. The molecule has 1 heterocycles. The zero-order chi connectivity index (χ0) is 25.5. The van der Waals surface area contributed by atoms with Crippen molar-refractivity contribution in [3.8, 4) is 17.0 Å². The molecule has 0 atom stereocenters. The average Bonchev–Trinajstić information content (AvgIpc) is 2.80. The van der Waals surface area contributed by atoms with Crippen LogP contribution in [0.2, 0.25) is 0 Å². The largest absolute Gasteiger partial charge is 0.429 e. The standard InChI is InChI=1S/C25H15F8NO/c1-2-3-12-4-6-16(22(29)21(12)28)25(32,33)35-15-5-7-19(34-11-15)13-8-14-10-18(27)23(30)24(31)20(14)17(26)9-13/h4-11H,2-3H2,1H3. The van der Waals surface area contributed by atoms with Gasteiger partial charge in [-0.3, -0.25) is 4.98 Å². The molecule has 0 aliphatic heterocycles. The number of rotatable bonds is 6. The first-order valence-corrected chi connectivity index (χ1v) is 10.3. The van der Waals surface area contributed by atoms with Gasteiger partial charge in [-0.15, -0.1) is 0 Å². The monoisotopic (exact) mass is 497 g/mol. The molecule has 0 spiro atoms. The van der Waals surface area contributed by atoms with E-state index in [1.54, 1.807) is 6.92 Å². The first-order chi connectivity index (χ1) is 16.5. The number of hydrogen-bond acceptors (Lipinski definition) is 2. The molecule has 0 saturated heterocycles. The molecule has 2 nitrogen and oxygen atoms in total. The van der Waals surface area contributed by atoms with E-state index in [-0.39, 0.29) is 28.6 Å². The Morgan fingerprint density at radius 3 is 2.20 bits per heavy atom. The predicted molar refractivity (Wildman–Crippen MR) is 112 cm³/mol. The van der Waals surface area contributed by atoms with Gasteiger partial charge < -0.3 is 4.74 Å². The van der Waals surface area contributed by atoms with Gasteiger partial charge in [-0.2, -0.15) is 8.78 Å². The topological polar surface area (TPSA) is 22.1 Å². The Morgan fingerprint density at radius 2 is 1.54 bits per heavy atom. The van der Waals surface area contributed by atoms with Crippen LogP contribution in [0, 0.1) is 34.9 Å². The molecular weight excluding hydrogens is 482 g/mol. The maximum absolute atomic E-state index is 14.6. The lowest BCUT2D eigenvalue weighted by Crippen LogP contribution is -2.24. The van der Waals surface area contributed by atoms with Crippen LogP contribution in [0.25, 0.3) is 22.0 Å². The lowest BCUT2D eigenvalue weighted by molar-refractivity contribution is -0.187. The molecule has 4 aromatic rings. The van der Waals surface area contributed by atoms with Crippen molar-refractivity contribution in [2.24, 2.45) is 0 Å². The average molecular weight is 497 g/mol. The normalized spacial score (nSPS) is 11.8. The highest BCUT2D eigenvalue weighted by molar-refractivity contribution is 5.88. The third-order valence-corrected chi connectivity index (χ3v) is 5.30. The van der Waals surface area contributed by atoms with Crippen molar-refractivity contribution < 1.29 is 39.9 Å². The highest BCUT2D eigenvalue weighted by atomic mass is 19.3. The van der Waals surface area contributed by atoms with Gasteiger partial charge in [0.25, 0.3) is 0 Å². The quantitative estimate of drug-likeness (QED) is 0.200. The van der Waals surface area contributed by atoms with Gasteiger partial charge in [-0.25, -0.2) is 26.3 Å². The van der Waals surface area contributed by atoms with Gasteiger partial charge in [-0.1, -0.05) is 19.4 Å². The van der Waals surface area contributed by atoms with Gasteiger partial charge in [0.15, 0.2) is 29.1 Å². The summed E-state index contributed by atoms with van der Waals surface area (Å²) in [5.41, 5.74) is -1.32. The Kier molecular flexibility index (Phi) is 6.40. The van der Waals surface area contributed by atoms with Crippen LogP contribution in [0.5, 0.6) is 5.75 Å². The molecule has 4 rings (SSSR count). The van der Waals surface area contributed by atoms with Crippen LogP contribution in [-0.4, -0.2) is 4.98 Å². The first kappa shape index (κ1) is 24.4. The summed E-state index contributed by atoms with van der Waals surface area (Å²) in [5, 5.41) is -1.04. The fraction of sp³-hybridized carbons (Fsp3) is 0.160. The van der Waals surface area contributed by atoms with E-state index in [9.17, 15) is 35.1 Å². The van der Waals surface area contributed by atoms with E-state index in [2.05, 4.69) is 9.72 Å². The van der Waals surface area contributed by atoms with Crippen molar-refractivity contribution in [2.45, 2.75) is 25.9 Å². The van der Waals surface area contributed by atoms with Crippen LogP contribution in [0.4, 0.5) is 35.1 Å². The van der Waals surface area contributed by atoms with Crippen molar-refractivity contribution in [2.75, 3.05) is 0 Å². The lowest BCUT2D eigenvalue weighted by Gasteiger charge is -2.19. The van der Waals surface area contributed by atoms with Gasteiger partial charge >= 0.3 is 6.11 Å². The molecule has 10 heteroatoms. The second kappa shape index (κ2) is 9.16. The van der Waals surface area contributed by atoms with Gasteiger partial charge in [0.2, 0.25) is 0 Å². The molecule has 0 bridgehead atoms.